The first-order valence-corrected chi connectivity index (χ1v) is 21.9. The van der Waals surface area contributed by atoms with E-state index in [2.05, 4.69) is 38.6 Å². The maximum atomic E-state index is 12.7. The molecule has 0 saturated carbocycles. The monoisotopic (exact) mass is 990 g/mol. The first kappa shape index (κ1) is 56.6. The lowest BCUT2D eigenvalue weighted by molar-refractivity contribution is 0.0588. The number of methoxy groups -OCH3 is 4. The number of nitrogens with two attached hydrogens (primary N) is 1. The molecule has 0 aliphatic carbocycles. The Hall–Kier alpha value is -7.77. The van der Waals surface area contributed by atoms with Crippen molar-refractivity contribution >= 4 is 58.0 Å². The summed E-state index contributed by atoms with van der Waals surface area (Å²) in [6.45, 7) is 5.55. The molecule has 0 saturated heterocycles. The number of carbonyl (C=O) groups is 4. The molecule has 8 N–H and O–H groups in total. The number of esters is 2. The quantitative estimate of drug-likeness (QED) is 0.0307. The number of hydrogen-bond acceptors (Lipinski definition) is 15. The summed E-state index contributed by atoms with van der Waals surface area (Å²) >= 11 is 0. The summed E-state index contributed by atoms with van der Waals surface area (Å²) in [5.74, 6) is -1.56. The SMILES string of the molecule is CCCCCOc1c(OC)ccc2cc(C(=O)NCc3ccc(O)c(C(=O)OC)c3)c(=O)[nH]c12.CCCCCOc1c(OC)ccc2cc(C(=O)O)c(=O)[nH]c12.COC(=O)c1cc(CN)ccc1O.Cl. The number of fused-ring (bicyclic) bond motifs is 2. The largest absolute Gasteiger partial charge is 0.507 e. The van der Waals surface area contributed by atoms with Crippen molar-refractivity contribution in [1.29, 1.82) is 0 Å². The van der Waals surface area contributed by atoms with Gasteiger partial charge in [0.05, 0.1) is 52.7 Å². The van der Waals surface area contributed by atoms with Crippen molar-refractivity contribution < 1.29 is 62.9 Å². The Kier molecular flexibility index (Phi) is 22.5. The number of ether oxygens (including phenoxy) is 6. The number of hydrogen-bond donors (Lipinski definition) is 7. The highest BCUT2D eigenvalue weighted by molar-refractivity contribution is 5.99. The normalized spacial score (nSPS) is 10.3. The first-order chi connectivity index (χ1) is 33.2. The van der Waals surface area contributed by atoms with E-state index in [1.165, 1.54) is 64.8 Å². The molecule has 1 amide bonds. The fourth-order valence-corrected chi connectivity index (χ4v) is 6.68. The Labute approximate surface area is 409 Å². The van der Waals surface area contributed by atoms with Gasteiger partial charge in [-0.3, -0.25) is 14.4 Å². The minimum Gasteiger partial charge on any atom is -0.507 e. The number of H-pyrrole nitrogens is 2. The highest BCUT2D eigenvalue weighted by atomic mass is 35.5. The predicted octanol–water partition coefficient (Wildman–Crippen LogP) is 7.39. The van der Waals surface area contributed by atoms with Crippen molar-refractivity contribution in [3.63, 3.8) is 0 Å². The van der Waals surface area contributed by atoms with Gasteiger partial charge in [-0.15, -0.1) is 12.4 Å². The Morgan fingerprint density at radius 1 is 0.600 bits per heavy atom. The highest BCUT2D eigenvalue weighted by Gasteiger charge is 2.19. The number of halogens is 1. The second-order valence-electron chi connectivity index (χ2n) is 15.1. The minimum atomic E-state index is -1.26. The third-order valence-electron chi connectivity index (χ3n) is 10.4. The number of aromatic hydroxyl groups is 2. The summed E-state index contributed by atoms with van der Waals surface area (Å²) in [7, 11) is 5.51. The summed E-state index contributed by atoms with van der Waals surface area (Å²) in [6.07, 6.45) is 5.97. The molecule has 19 nitrogen and oxygen atoms in total. The van der Waals surface area contributed by atoms with Crippen molar-refractivity contribution in [2.45, 2.75) is 65.5 Å². The summed E-state index contributed by atoms with van der Waals surface area (Å²) in [6, 6.07) is 18.6. The molecule has 0 radical (unpaired) electrons. The van der Waals surface area contributed by atoms with E-state index in [1.807, 2.05) is 0 Å². The molecule has 0 unspecified atom stereocenters. The molecular weight excluding hydrogens is 932 g/mol. The van der Waals surface area contributed by atoms with Crippen LogP contribution in [0, 0.1) is 0 Å². The van der Waals surface area contributed by atoms with E-state index in [0.29, 0.717) is 70.1 Å². The van der Waals surface area contributed by atoms with Gasteiger partial charge < -0.3 is 64.8 Å². The van der Waals surface area contributed by atoms with E-state index in [0.717, 1.165) is 44.1 Å². The van der Waals surface area contributed by atoms with E-state index in [1.54, 1.807) is 36.4 Å². The second-order valence-corrected chi connectivity index (χ2v) is 15.1. The Morgan fingerprint density at radius 2 is 1.04 bits per heavy atom. The summed E-state index contributed by atoms with van der Waals surface area (Å²) in [4.78, 5) is 76.6. The van der Waals surface area contributed by atoms with Crippen LogP contribution < -0.4 is 41.1 Å². The molecule has 0 spiro atoms. The van der Waals surface area contributed by atoms with Crippen LogP contribution in [0.25, 0.3) is 21.8 Å². The Morgan fingerprint density at radius 3 is 1.47 bits per heavy atom. The number of nitrogens with one attached hydrogen (secondary N) is 3. The third kappa shape index (κ3) is 14.9. The zero-order valence-electron chi connectivity index (χ0n) is 39.7. The number of phenolic OH excluding ortho intramolecular Hbond substituents is 2. The van der Waals surface area contributed by atoms with Crippen LogP contribution in [0.15, 0.2) is 82.4 Å². The molecule has 0 fully saturated rings. The average Bonchev–Trinajstić information content (AvgIpc) is 3.35. The smallest absolute Gasteiger partial charge is 0.341 e. The highest BCUT2D eigenvalue weighted by Crippen LogP contribution is 2.35. The molecule has 6 aromatic rings. The number of aromatic nitrogens is 2. The fraction of sp³-hybridized carbons (Fsp3) is 0.320. The van der Waals surface area contributed by atoms with E-state index in [4.69, 9.17) is 29.8 Å². The number of aromatic carboxylic acids is 1. The number of benzene rings is 4. The number of carboxylic acids is 1. The molecule has 4 aromatic carbocycles. The molecule has 0 aliphatic rings. The van der Waals surface area contributed by atoms with Crippen LogP contribution in [0.3, 0.4) is 0 Å². The van der Waals surface area contributed by atoms with Crippen molar-refractivity contribution in [3.8, 4) is 34.5 Å². The van der Waals surface area contributed by atoms with Crippen LogP contribution in [0.2, 0.25) is 0 Å². The number of carbonyl (C=O) groups excluding carboxylic acids is 3. The van der Waals surface area contributed by atoms with Gasteiger partial charge in [0.1, 0.15) is 33.8 Å². The predicted molar refractivity (Wildman–Crippen MR) is 264 cm³/mol. The van der Waals surface area contributed by atoms with E-state index in [9.17, 15) is 39.0 Å². The Bertz CT molecular complexity index is 2880. The minimum absolute atomic E-state index is 0. The van der Waals surface area contributed by atoms with Crippen molar-refractivity contribution in [3.05, 3.63) is 127 Å². The molecule has 376 valence electrons. The summed E-state index contributed by atoms with van der Waals surface area (Å²) in [5, 5.41) is 32.0. The molecule has 0 bridgehead atoms. The maximum Gasteiger partial charge on any atom is 0.341 e. The molecule has 70 heavy (non-hydrogen) atoms. The van der Waals surface area contributed by atoms with Gasteiger partial charge in [0.2, 0.25) is 0 Å². The van der Waals surface area contributed by atoms with Gasteiger partial charge in [0, 0.05) is 23.9 Å². The second kappa shape index (κ2) is 27.9. The van der Waals surface area contributed by atoms with Gasteiger partial charge in [-0.05, 0) is 84.6 Å². The summed E-state index contributed by atoms with van der Waals surface area (Å²) < 4.78 is 31.4. The lowest BCUT2D eigenvalue weighted by Gasteiger charge is -2.14. The Balaban J connectivity index is 0.000000307. The number of phenols is 2. The number of pyridine rings is 2. The van der Waals surface area contributed by atoms with Crippen LogP contribution in [-0.2, 0) is 22.6 Å². The van der Waals surface area contributed by atoms with Gasteiger partial charge in [0.15, 0.2) is 23.0 Å². The number of amides is 1. The molecule has 2 aromatic heterocycles. The van der Waals surface area contributed by atoms with E-state index in [-0.39, 0.29) is 52.7 Å². The van der Waals surface area contributed by atoms with Gasteiger partial charge >= 0.3 is 17.9 Å². The van der Waals surface area contributed by atoms with E-state index >= 15 is 0 Å². The van der Waals surface area contributed by atoms with Crippen LogP contribution in [0.1, 0.15) is 105 Å². The van der Waals surface area contributed by atoms with Gasteiger partial charge in [-0.25, -0.2) is 14.4 Å². The number of aromatic amines is 2. The fourth-order valence-electron chi connectivity index (χ4n) is 6.68. The van der Waals surface area contributed by atoms with Crippen molar-refractivity contribution in [2.24, 2.45) is 5.73 Å². The van der Waals surface area contributed by atoms with Gasteiger partial charge in [0.25, 0.3) is 17.0 Å². The maximum absolute atomic E-state index is 12.7. The number of unbranched alkanes of at least 4 members (excludes halogenated alkanes) is 4. The lowest BCUT2D eigenvalue weighted by atomic mass is 10.1. The number of carboxylic acid groups (broad SMARTS) is 1. The molecule has 6 rings (SSSR count). The zero-order chi connectivity index (χ0) is 50.6. The zero-order valence-corrected chi connectivity index (χ0v) is 40.5. The first-order valence-electron chi connectivity index (χ1n) is 21.9. The van der Waals surface area contributed by atoms with Crippen LogP contribution >= 0.6 is 12.4 Å². The molecule has 20 heteroatoms. The van der Waals surface area contributed by atoms with Crippen LogP contribution in [-0.4, -0.2) is 90.8 Å². The average molecular weight is 991 g/mol. The molecule has 2 heterocycles. The van der Waals surface area contributed by atoms with Crippen molar-refractivity contribution in [2.75, 3.05) is 41.7 Å². The van der Waals surface area contributed by atoms with Crippen LogP contribution in [0.5, 0.6) is 34.5 Å². The summed E-state index contributed by atoms with van der Waals surface area (Å²) in [5.41, 5.74) is 6.14. The molecular formula is C50H59ClN4O15. The van der Waals surface area contributed by atoms with Gasteiger partial charge in [-0.1, -0.05) is 51.7 Å². The van der Waals surface area contributed by atoms with E-state index < -0.39 is 34.9 Å². The lowest BCUT2D eigenvalue weighted by Crippen LogP contribution is -2.29. The van der Waals surface area contributed by atoms with Gasteiger partial charge in [-0.2, -0.15) is 0 Å². The van der Waals surface area contributed by atoms with Crippen LogP contribution in [0.4, 0.5) is 0 Å². The topological polar surface area (TPSA) is 288 Å². The molecule has 0 aliphatic heterocycles. The number of rotatable bonds is 19. The van der Waals surface area contributed by atoms with Crippen molar-refractivity contribution in [1.82, 2.24) is 15.3 Å². The molecule has 0 atom stereocenters. The standard InChI is InChI=1S/C25H28N2O7.C16H19NO5.C9H11NO3.ClH/c1-4-5-6-11-34-22-20(32-2)10-8-16-13-18(24(30)27-21(16)22)23(29)26-14-15-7-9-19(28)17(12-15)25(31)33-3;1-3-4-5-8-22-14-12(21-2)7-6-10-9-11(16(19)20)15(18)17-13(10)14;1-13-9(12)7-4-6(5-10)2-3-8(7)11;/h7-10,12-13,28H,4-6,11,14H2,1-3H3,(H,26,29)(H,27,30);6-7,9H,3-5,8H2,1-2H3,(H,17,18)(H,19,20);2-4,11H,5,10H2,1H3;1H. The third-order valence-corrected chi connectivity index (χ3v) is 10.4.